The van der Waals surface area contributed by atoms with Crippen molar-refractivity contribution in [3.63, 3.8) is 0 Å². The van der Waals surface area contributed by atoms with Crippen LogP contribution in [0.1, 0.15) is 35.2 Å². The Hall–Kier alpha value is -1.92. The highest BCUT2D eigenvalue weighted by Gasteiger charge is 2.28. The van der Waals surface area contributed by atoms with E-state index in [1.165, 1.54) is 10.6 Å². The van der Waals surface area contributed by atoms with Gasteiger partial charge in [-0.1, -0.05) is 12.5 Å². The van der Waals surface area contributed by atoms with Gasteiger partial charge in [-0.15, -0.1) is 12.4 Å². The quantitative estimate of drug-likeness (QED) is 0.883. The molecule has 7 heteroatoms. The van der Waals surface area contributed by atoms with E-state index in [0.717, 1.165) is 24.8 Å². The number of fused-ring (bicyclic) bond motifs is 1. The Morgan fingerprint density at radius 1 is 1.43 bits per heavy atom. The summed E-state index contributed by atoms with van der Waals surface area (Å²) in [4.78, 5) is 29.1. The number of amides is 1. The van der Waals surface area contributed by atoms with E-state index in [4.69, 9.17) is 5.73 Å². The average molecular weight is 337 g/mol. The van der Waals surface area contributed by atoms with E-state index in [9.17, 15) is 9.59 Å². The first-order valence-electron chi connectivity index (χ1n) is 7.59. The molecule has 124 valence electrons. The SMILES string of the molecule is Cc1ccc2ncc(C(=O)NC3CCCC3CN)c(=O)n2c1.Cl. The maximum Gasteiger partial charge on any atom is 0.270 e. The smallest absolute Gasteiger partial charge is 0.270 e. The monoisotopic (exact) mass is 336 g/mol. The molecule has 6 nitrogen and oxygen atoms in total. The van der Waals surface area contributed by atoms with Crippen LogP contribution in [0.15, 0.2) is 29.3 Å². The van der Waals surface area contributed by atoms with Crippen molar-refractivity contribution in [1.29, 1.82) is 0 Å². The third-order valence-corrected chi connectivity index (χ3v) is 4.37. The van der Waals surface area contributed by atoms with Gasteiger partial charge >= 0.3 is 0 Å². The molecular formula is C16H21ClN4O2. The van der Waals surface area contributed by atoms with Crippen LogP contribution >= 0.6 is 12.4 Å². The molecule has 3 N–H and O–H groups in total. The summed E-state index contributed by atoms with van der Waals surface area (Å²) in [5.74, 6) is -0.0684. The number of nitrogens with two attached hydrogens (primary N) is 1. The summed E-state index contributed by atoms with van der Waals surface area (Å²) in [5.41, 5.74) is 6.94. The van der Waals surface area contributed by atoms with Crippen molar-refractivity contribution in [2.24, 2.45) is 11.7 Å². The predicted molar refractivity (Wildman–Crippen MR) is 91.1 cm³/mol. The zero-order valence-electron chi connectivity index (χ0n) is 13.0. The predicted octanol–water partition coefficient (Wildman–Crippen LogP) is 1.28. The fourth-order valence-electron chi connectivity index (χ4n) is 3.09. The van der Waals surface area contributed by atoms with Gasteiger partial charge in [-0.25, -0.2) is 4.98 Å². The number of pyridine rings is 1. The topological polar surface area (TPSA) is 89.5 Å². The van der Waals surface area contributed by atoms with Crippen LogP contribution in [0.3, 0.4) is 0 Å². The number of carbonyl (C=O) groups excluding carboxylic acids is 1. The van der Waals surface area contributed by atoms with Crippen molar-refractivity contribution in [2.45, 2.75) is 32.2 Å². The third kappa shape index (κ3) is 3.38. The number of aromatic nitrogens is 2. The molecule has 0 spiro atoms. The van der Waals surface area contributed by atoms with E-state index in [1.54, 1.807) is 12.3 Å². The summed E-state index contributed by atoms with van der Waals surface area (Å²) in [7, 11) is 0. The van der Waals surface area contributed by atoms with Gasteiger partial charge in [0.1, 0.15) is 11.2 Å². The Kier molecular flexibility index (Phi) is 5.38. The van der Waals surface area contributed by atoms with Crippen LogP contribution in [0.2, 0.25) is 0 Å². The number of nitrogens with zero attached hydrogens (tertiary/aromatic N) is 2. The molecule has 0 bridgehead atoms. The molecule has 1 amide bonds. The van der Waals surface area contributed by atoms with Gasteiger partial charge in [-0.2, -0.15) is 0 Å². The zero-order chi connectivity index (χ0) is 15.7. The van der Waals surface area contributed by atoms with Crippen LogP contribution in [-0.4, -0.2) is 27.9 Å². The minimum atomic E-state index is -0.362. The summed E-state index contributed by atoms with van der Waals surface area (Å²) in [6.45, 7) is 2.45. The minimum absolute atomic E-state index is 0. The number of halogens is 1. The lowest BCUT2D eigenvalue weighted by Crippen LogP contribution is -2.42. The second-order valence-electron chi connectivity index (χ2n) is 5.92. The molecule has 0 aromatic carbocycles. The number of nitrogens with one attached hydrogen (secondary N) is 1. The van der Waals surface area contributed by atoms with Gasteiger partial charge in [0, 0.05) is 18.4 Å². The summed E-state index contributed by atoms with van der Waals surface area (Å²) >= 11 is 0. The van der Waals surface area contributed by atoms with Crippen molar-refractivity contribution in [2.75, 3.05) is 6.54 Å². The molecule has 0 radical (unpaired) electrons. The van der Waals surface area contributed by atoms with Crippen LogP contribution in [0.25, 0.3) is 5.65 Å². The van der Waals surface area contributed by atoms with Gasteiger partial charge < -0.3 is 11.1 Å². The van der Waals surface area contributed by atoms with Gasteiger partial charge in [-0.05, 0) is 43.9 Å². The van der Waals surface area contributed by atoms with Gasteiger partial charge in [0.05, 0.1) is 0 Å². The Labute approximate surface area is 140 Å². The minimum Gasteiger partial charge on any atom is -0.349 e. The normalized spacial score (nSPS) is 20.3. The zero-order valence-corrected chi connectivity index (χ0v) is 13.8. The second-order valence-corrected chi connectivity index (χ2v) is 5.92. The highest BCUT2D eigenvalue weighted by atomic mass is 35.5. The first-order valence-corrected chi connectivity index (χ1v) is 7.59. The first kappa shape index (κ1) is 17.4. The third-order valence-electron chi connectivity index (χ3n) is 4.37. The van der Waals surface area contributed by atoms with Crippen LogP contribution < -0.4 is 16.6 Å². The van der Waals surface area contributed by atoms with Crippen LogP contribution in [-0.2, 0) is 0 Å². The molecule has 1 fully saturated rings. The first-order chi connectivity index (χ1) is 10.6. The van der Waals surface area contributed by atoms with E-state index >= 15 is 0 Å². The van der Waals surface area contributed by atoms with E-state index < -0.39 is 0 Å². The molecule has 1 aliphatic carbocycles. The van der Waals surface area contributed by atoms with E-state index in [2.05, 4.69) is 10.3 Å². The van der Waals surface area contributed by atoms with Gasteiger partial charge in [-0.3, -0.25) is 14.0 Å². The molecule has 23 heavy (non-hydrogen) atoms. The number of hydrogen-bond donors (Lipinski definition) is 2. The number of carbonyl (C=O) groups is 1. The Morgan fingerprint density at radius 3 is 2.96 bits per heavy atom. The summed E-state index contributed by atoms with van der Waals surface area (Å²) in [6, 6.07) is 3.70. The lowest BCUT2D eigenvalue weighted by molar-refractivity contribution is 0.0926. The van der Waals surface area contributed by atoms with Gasteiger partial charge in [0.15, 0.2) is 0 Å². The lowest BCUT2D eigenvalue weighted by atomic mass is 10.0. The highest BCUT2D eigenvalue weighted by Crippen LogP contribution is 2.24. The van der Waals surface area contributed by atoms with Crippen molar-refractivity contribution in [1.82, 2.24) is 14.7 Å². The molecular weight excluding hydrogens is 316 g/mol. The Balaban J connectivity index is 0.00000192. The standard InChI is InChI=1S/C16H20N4O2.ClH/c1-10-5-6-14-18-8-12(16(22)20(14)9-10)15(21)19-13-4-2-3-11(13)7-17;/h5-6,8-9,11,13H,2-4,7,17H2,1H3,(H,19,21);1H. The largest absolute Gasteiger partial charge is 0.349 e. The number of rotatable bonds is 3. The molecule has 2 aromatic rings. The Bertz CT molecular complexity index is 774. The lowest BCUT2D eigenvalue weighted by Gasteiger charge is -2.19. The summed E-state index contributed by atoms with van der Waals surface area (Å²) < 4.78 is 1.42. The van der Waals surface area contributed by atoms with Crippen molar-refractivity contribution in [3.05, 3.63) is 46.0 Å². The molecule has 0 saturated heterocycles. The Morgan fingerprint density at radius 2 is 2.22 bits per heavy atom. The van der Waals surface area contributed by atoms with E-state index in [0.29, 0.717) is 18.1 Å². The molecule has 2 heterocycles. The number of hydrogen-bond acceptors (Lipinski definition) is 4. The van der Waals surface area contributed by atoms with Gasteiger partial charge in [0.25, 0.3) is 11.5 Å². The molecule has 1 saturated carbocycles. The molecule has 2 atom stereocenters. The van der Waals surface area contributed by atoms with E-state index in [1.807, 2.05) is 13.0 Å². The molecule has 3 rings (SSSR count). The van der Waals surface area contributed by atoms with E-state index in [-0.39, 0.29) is 35.5 Å². The van der Waals surface area contributed by atoms with Gasteiger partial charge in [0.2, 0.25) is 0 Å². The van der Waals surface area contributed by atoms with Crippen LogP contribution in [0.4, 0.5) is 0 Å². The molecule has 1 aliphatic rings. The second kappa shape index (κ2) is 7.10. The van der Waals surface area contributed by atoms with Crippen molar-refractivity contribution < 1.29 is 4.79 Å². The number of aryl methyl sites for hydroxylation is 1. The molecule has 0 aliphatic heterocycles. The molecule has 2 unspecified atom stereocenters. The molecule has 2 aromatic heterocycles. The van der Waals surface area contributed by atoms with Crippen molar-refractivity contribution in [3.8, 4) is 0 Å². The summed E-state index contributed by atoms with van der Waals surface area (Å²) in [6.07, 6.45) is 6.04. The fraction of sp³-hybridized carbons (Fsp3) is 0.438. The average Bonchev–Trinajstić information content (AvgIpc) is 2.95. The van der Waals surface area contributed by atoms with Crippen LogP contribution in [0.5, 0.6) is 0 Å². The van der Waals surface area contributed by atoms with Crippen LogP contribution in [0, 0.1) is 12.8 Å². The fourth-order valence-corrected chi connectivity index (χ4v) is 3.09. The maximum atomic E-state index is 12.5. The van der Waals surface area contributed by atoms with Crippen molar-refractivity contribution >= 4 is 24.0 Å². The highest BCUT2D eigenvalue weighted by molar-refractivity contribution is 5.94. The maximum absolute atomic E-state index is 12.5. The summed E-state index contributed by atoms with van der Waals surface area (Å²) in [5, 5.41) is 2.94.